The van der Waals surface area contributed by atoms with Crippen LogP contribution in [0.5, 0.6) is 0 Å². The Balaban J connectivity index is 1.71. The minimum absolute atomic E-state index is 0.0643. The fourth-order valence-corrected chi connectivity index (χ4v) is 3.00. The van der Waals surface area contributed by atoms with Crippen molar-refractivity contribution >= 4 is 46.8 Å². The van der Waals surface area contributed by atoms with E-state index in [9.17, 15) is 19.2 Å². The Hall–Kier alpha value is -2.70. The van der Waals surface area contributed by atoms with Gasteiger partial charge in [0, 0.05) is 5.56 Å². The van der Waals surface area contributed by atoms with E-state index in [1.165, 1.54) is 19.1 Å². The molecule has 0 radical (unpaired) electrons. The summed E-state index contributed by atoms with van der Waals surface area (Å²) in [6.07, 6.45) is 0. The van der Waals surface area contributed by atoms with Crippen molar-refractivity contribution in [1.82, 2.24) is 4.90 Å². The van der Waals surface area contributed by atoms with Crippen LogP contribution >= 0.6 is 23.2 Å². The van der Waals surface area contributed by atoms with Crippen LogP contribution in [0.3, 0.4) is 0 Å². The van der Waals surface area contributed by atoms with Crippen LogP contribution in [0.25, 0.3) is 0 Å². The molecule has 0 fully saturated rings. The van der Waals surface area contributed by atoms with E-state index in [0.717, 1.165) is 4.90 Å². The number of ketones is 1. The van der Waals surface area contributed by atoms with Crippen molar-refractivity contribution < 1.29 is 23.9 Å². The van der Waals surface area contributed by atoms with Crippen LogP contribution in [0.15, 0.2) is 42.5 Å². The quantitative estimate of drug-likeness (QED) is 0.432. The zero-order valence-electron chi connectivity index (χ0n) is 14.1. The maximum absolute atomic E-state index is 12.5. The second kappa shape index (κ2) is 7.50. The fraction of sp³-hybridized carbons (Fsp3) is 0.158. The number of carbonyl (C=O) groups excluding carboxylic acids is 4. The van der Waals surface area contributed by atoms with Gasteiger partial charge in [-0.15, -0.1) is 0 Å². The normalized spacial score (nSPS) is 14.1. The number of halogens is 2. The number of hydrogen-bond donors (Lipinski definition) is 0. The summed E-state index contributed by atoms with van der Waals surface area (Å²) in [4.78, 5) is 50.1. The van der Waals surface area contributed by atoms with E-state index in [-0.39, 0.29) is 21.2 Å². The van der Waals surface area contributed by atoms with Gasteiger partial charge in [0.25, 0.3) is 11.8 Å². The van der Waals surface area contributed by atoms with E-state index >= 15 is 0 Å². The van der Waals surface area contributed by atoms with E-state index in [1.807, 2.05) is 0 Å². The average Bonchev–Trinajstić information content (AvgIpc) is 2.90. The predicted octanol–water partition coefficient (Wildman–Crippen LogP) is 3.40. The largest absolute Gasteiger partial charge is 0.456 e. The van der Waals surface area contributed by atoms with Crippen LogP contribution in [-0.2, 0) is 9.53 Å². The third kappa shape index (κ3) is 3.59. The van der Waals surface area contributed by atoms with E-state index in [0.29, 0.717) is 5.56 Å². The maximum Gasteiger partial charge on any atom is 0.329 e. The average molecular weight is 406 g/mol. The first-order valence-electron chi connectivity index (χ1n) is 7.93. The highest BCUT2D eigenvalue weighted by atomic mass is 35.5. The Labute approximate surface area is 164 Å². The number of fused-ring (bicyclic) bond motifs is 1. The third-order valence-corrected chi connectivity index (χ3v) is 4.85. The molecule has 2 amide bonds. The van der Waals surface area contributed by atoms with Crippen molar-refractivity contribution in [3.8, 4) is 0 Å². The molecule has 0 saturated heterocycles. The lowest BCUT2D eigenvalue weighted by Gasteiger charge is -2.20. The summed E-state index contributed by atoms with van der Waals surface area (Å²) >= 11 is 11.8. The van der Waals surface area contributed by atoms with Gasteiger partial charge < -0.3 is 4.74 Å². The minimum atomic E-state index is -1.21. The van der Waals surface area contributed by atoms with Crippen LogP contribution in [0.1, 0.15) is 38.0 Å². The Bertz CT molecular complexity index is 917. The van der Waals surface area contributed by atoms with Crippen molar-refractivity contribution in [2.24, 2.45) is 0 Å². The zero-order chi connectivity index (χ0) is 19.7. The molecule has 2 aromatic carbocycles. The lowest BCUT2D eigenvalue weighted by atomic mass is 10.1. The summed E-state index contributed by atoms with van der Waals surface area (Å²) in [5, 5.41) is 0.254. The third-order valence-electron chi connectivity index (χ3n) is 4.13. The van der Waals surface area contributed by atoms with Gasteiger partial charge in [-0.3, -0.25) is 19.3 Å². The Morgan fingerprint density at radius 1 is 1.00 bits per heavy atom. The number of benzene rings is 2. The molecule has 2 aromatic rings. The van der Waals surface area contributed by atoms with Crippen LogP contribution in [0.2, 0.25) is 10.0 Å². The molecule has 8 heteroatoms. The van der Waals surface area contributed by atoms with Crippen LogP contribution < -0.4 is 0 Å². The molecule has 27 heavy (non-hydrogen) atoms. The minimum Gasteiger partial charge on any atom is -0.456 e. The Morgan fingerprint density at radius 3 is 2.04 bits per heavy atom. The fourth-order valence-electron chi connectivity index (χ4n) is 2.67. The number of amides is 2. The summed E-state index contributed by atoms with van der Waals surface area (Å²) in [5.74, 6) is -2.61. The van der Waals surface area contributed by atoms with Gasteiger partial charge >= 0.3 is 5.97 Å². The highest BCUT2D eigenvalue weighted by Crippen LogP contribution is 2.32. The molecule has 0 aliphatic carbocycles. The zero-order valence-corrected chi connectivity index (χ0v) is 15.6. The van der Waals surface area contributed by atoms with Gasteiger partial charge in [-0.05, 0) is 19.1 Å². The van der Waals surface area contributed by atoms with Crippen molar-refractivity contribution in [2.75, 3.05) is 6.61 Å². The van der Waals surface area contributed by atoms with Gasteiger partial charge in [0.2, 0.25) is 0 Å². The van der Waals surface area contributed by atoms with E-state index in [1.54, 1.807) is 30.3 Å². The molecule has 1 aliphatic rings. The SMILES string of the molecule is C[C@@H](C(=O)OCC(=O)c1ccccc1)N1C(=O)c2cc(Cl)c(Cl)cc2C1=O. The molecule has 138 valence electrons. The second-order valence-corrected chi connectivity index (χ2v) is 6.68. The number of imide groups is 1. The lowest BCUT2D eigenvalue weighted by Crippen LogP contribution is -2.44. The van der Waals surface area contributed by atoms with Crippen molar-refractivity contribution in [3.63, 3.8) is 0 Å². The predicted molar refractivity (Wildman–Crippen MR) is 98.2 cm³/mol. The topological polar surface area (TPSA) is 80.8 Å². The summed E-state index contributed by atoms with van der Waals surface area (Å²) in [6.45, 7) is 0.855. The molecule has 6 nitrogen and oxygen atoms in total. The Morgan fingerprint density at radius 2 is 1.52 bits per heavy atom. The number of nitrogens with zero attached hydrogens (tertiary/aromatic N) is 1. The van der Waals surface area contributed by atoms with Gasteiger partial charge in [-0.1, -0.05) is 53.5 Å². The van der Waals surface area contributed by atoms with Gasteiger partial charge in [0.15, 0.2) is 12.4 Å². The molecule has 1 heterocycles. The molecule has 0 aromatic heterocycles. The molecule has 0 N–H and O–H groups in total. The first-order valence-corrected chi connectivity index (χ1v) is 8.68. The second-order valence-electron chi connectivity index (χ2n) is 5.87. The highest BCUT2D eigenvalue weighted by molar-refractivity contribution is 6.43. The molecule has 3 rings (SSSR count). The molecule has 0 bridgehead atoms. The summed E-state index contributed by atoms with van der Waals surface area (Å²) in [5.41, 5.74) is 0.520. The van der Waals surface area contributed by atoms with Crippen LogP contribution in [0.4, 0.5) is 0 Å². The van der Waals surface area contributed by atoms with E-state index in [2.05, 4.69) is 0 Å². The summed E-state index contributed by atoms with van der Waals surface area (Å²) in [7, 11) is 0. The summed E-state index contributed by atoms with van der Waals surface area (Å²) < 4.78 is 4.99. The standard InChI is InChI=1S/C19H13Cl2NO5/c1-10(19(26)27-9-16(23)11-5-3-2-4-6-11)22-17(24)12-7-14(20)15(21)8-13(12)18(22)25/h2-8,10H,9H2,1H3/t10-/m0/s1. The summed E-state index contributed by atoms with van der Waals surface area (Å²) in [6, 6.07) is 9.69. The van der Waals surface area contributed by atoms with Crippen LogP contribution in [0, 0.1) is 0 Å². The van der Waals surface area contributed by atoms with Gasteiger partial charge in [0.05, 0.1) is 21.2 Å². The maximum atomic E-state index is 12.5. The monoisotopic (exact) mass is 405 g/mol. The molecular formula is C19H13Cl2NO5. The lowest BCUT2D eigenvalue weighted by molar-refractivity contribution is -0.146. The highest BCUT2D eigenvalue weighted by Gasteiger charge is 2.42. The number of carbonyl (C=O) groups is 4. The molecule has 0 spiro atoms. The molecular weight excluding hydrogens is 393 g/mol. The van der Waals surface area contributed by atoms with Crippen LogP contribution in [-0.4, -0.2) is 41.1 Å². The van der Waals surface area contributed by atoms with Gasteiger partial charge in [0.1, 0.15) is 6.04 Å². The smallest absolute Gasteiger partial charge is 0.329 e. The number of ether oxygens (including phenoxy) is 1. The molecule has 0 unspecified atom stereocenters. The van der Waals surface area contributed by atoms with Crippen molar-refractivity contribution in [2.45, 2.75) is 13.0 Å². The Kier molecular flexibility index (Phi) is 5.30. The molecule has 1 aliphatic heterocycles. The van der Waals surface area contributed by atoms with Crippen molar-refractivity contribution in [3.05, 3.63) is 69.2 Å². The first kappa shape index (κ1) is 19.1. The number of esters is 1. The van der Waals surface area contributed by atoms with Gasteiger partial charge in [-0.25, -0.2) is 4.79 Å². The molecule has 1 atom stereocenters. The molecule has 0 saturated carbocycles. The van der Waals surface area contributed by atoms with Crippen molar-refractivity contribution in [1.29, 1.82) is 0 Å². The van der Waals surface area contributed by atoms with E-state index < -0.39 is 36.2 Å². The van der Waals surface area contributed by atoms with E-state index in [4.69, 9.17) is 27.9 Å². The number of rotatable bonds is 5. The number of Topliss-reactive ketones (excluding diaryl/α,β-unsaturated/α-hetero) is 1. The first-order chi connectivity index (χ1) is 12.8. The number of hydrogen-bond acceptors (Lipinski definition) is 5. The van der Waals surface area contributed by atoms with Gasteiger partial charge in [-0.2, -0.15) is 0 Å².